The summed E-state index contributed by atoms with van der Waals surface area (Å²) >= 11 is 0. The van der Waals surface area contributed by atoms with Gasteiger partial charge in [-0.3, -0.25) is 0 Å². The summed E-state index contributed by atoms with van der Waals surface area (Å²) in [5.41, 5.74) is 1.35. The Morgan fingerprint density at radius 3 is 2.20 bits per heavy atom. The fourth-order valence-electron chi connectivity index (χ4n) is 1.27. The van der Waals surface area contributed by atoms with Crippen LogP contribution in [0.4, 0.5) is 0 Å². The molecule has 0 atom stereocenters. The zero-order valence-electron chi connectivity index (χ0n) is 10.4. The molecule has 2 nitrogen and oxygen atoms in total. The maximum atomic E-state index is 5.14. The van der Waals surface area contributed by atoms with Crippen LogP contribution in [0.15, 0.2) is 24.3 Å². The van der Waals surface area contributed by atoms with E-state index in [0.717, 1.165) is 12.2 Å². The summed E-state index contributed by atoms with van der Waals surface area (Å²) in [6.07, 6.45) is 1.12. The highest BCUT2D eigenvalue weighted by molar-refractivity contribution is 5.28. The summed E-state index contributed by atoms with van der Waals surface area (Å²) in [4.78, 5) is 0. The molecule has 1 aromatic carbocycles. The van der Waals surface area contributed by atoms with Gasteiger partial charge in [-0.2, -0.15) is 0 Å². The van der Waals surface area contributed by atoms with Crippen LogP contribution < -0.4 is 4.74 Å². The topological polar surface area (TPSA) is 18.5 Å². The van der Waals surface area contributed by atoms with Crippen LogP contribution in [0.3, 0.4) is 0 Å². The molecule has 0 saturated carbocycles. The van der Waals surface area contributed by atoms with Gasteiger partial charge >= 0.3 is 0 Å². The van der Waals surface area contributed by atoms with Crippen LogP contribution >= 0.6 is 0 Å². The number of methoxy groups -OCH3 is 2. The van der Waals surface area contributed by atoms with E-state index in [1.54, 1.807) is 21.3 Å². The molecule has 0 spiro atoms. The third-order valence-corrected chi connectivity index (χ3v) is 1.78. The first-order chi connectivity index (χ1) is 7.13. The molecule has 0 amide bonds. The van der Waals surface area contributed by atoms with Crippen LogP contribution in [0.2, 0.25) is 0 Å². The number of hydrogen-bond acceptors (Lipinski definition) is 2. The second-order valence-corrected chi connectivity index (χ2v) is 3.86. The number of benzene rings is 1. The van der Waals surface area contributed by atoms with Crippen molar-refractivity contribution in [2.75, 3.05) is 21.3 Å². The van der Waals surface area contributed by atoms with Crippen molar-refractivity contribution >= 4 is 0 Å². The third-order valence-electron chi connectivity index (χ3n) is 1.78. The van der Waals surface area contributed by atoms with Crippen molar-refractivity contribution in [2.45, 2.75) is 20.3 Å². The average Bonchev–Trinajstić information content (AvgIpc) is 2.18. The van der Waals surface area contributed by atoms with Gasteiger partial charge in [0.1, 0.15) is 5.75 Å². The largest absolute Gasteiger partial charge is 0.497 e. The summed E-state index contributed by atoms with van der Waals surface area (Å²) < 4.78 is 9.39. The van der Waals surface area contributed by atoms with E-state index in [0.29, 0.717) is 5.92 Å². The smallest absolute Gasteiger partial charge is 0.119 e. The summed E-state index contributed by atoms with van der Waals surface area (Å²) in [7, 11) is 4.95. The minimum Gasteiger partial charge on any atom is -0.497 e. The predicted octanol–water partition coefficient (Wildman–Crippen LogP) is 3.16. The van der Waals surface area contributed by atoms with Crippen LogP contribution in [0.25, 0.3) is 0 Å². The van der Waals surface area contributed by atoms with Crippen LogP contribution in [-0.4, -0.2) is 21.3 Å². The predicted molar refractivity (Wildman–Crippen MR) is 64.5 cm³/mol. The summed E-state index contributed by atoms with van der Waals surface area (Å²) in [5, 5.41) is 0. The Hall–Kier alpha value is -1.02. The van der Waals surface area contributed by atoms with Crippen molar-refractivity contribution < 1.29 is 9.47 Å². The van der Waals surface area contributed by atoms with Gasteiger partial charge < -0.3 is 9.47 Å². The van der Waals surface area contributed by atoms with Crippen LogP contribution in [0.1, 0.15) is 19.4 Å². The van der Waals surface area contributed by atoms with Crippen molar-refractivity contribution in [3.8, 4) is 5.75 Å². The average molecular weight is 210 g/mol. The Morgan fingerprint density at radius 2 is 1.73 bits per heavy atom. The highest BCUT2D eigenvalue weighted by Gasteiger charge is 1.98. The molecule has 86 valence electrons. The van der Waals surface area contributed by atoms with E-state index in [1.165, 1.54) is 5.56 Å². The second kappa shape index (κ2) is 8.30. The first kappa shape index (κ1) is 14.0. The Kier molecular flexibility index (Phi) is 7.74. The summed E-state index contributed by atoms with van der Waals surface area (Å²) in [5.74, 6) is 1.66. The van der Waals surface area contributed by atoms with E-state index < -0.39 is 0 Å². The lowest BCUT2D eigenvalue weighted by Gasteiger charge is -2.06. The van der Waals surface area contributed by atoms with Crippen LogP contribution in [0, 0.1) is 5.92 Å². The van der Waals surface area contributed by atoms with Gasteiger partial charge in [-0.1, -0.05) is 26.0 Å². The molecule has 0 unspecified atom stereocenters. The van der Waals surface area contributed by atoms with Gasteiger partial charge in [-0.15, -0.1) is 0 Å². The maximum absolute atomic E-state index is 5.14. The molecule has 0 fully saturated rings. The lowest BCUT2D eigenvalue weighted by atomic mass is 10.0. The van der Waals surface area contributed by atoms with Gasteiger partial charge in [0, 0.05) is 14.2 Å². The Labute approximate surface area is 93.2 Å². The van der Waals surface area contributed by atoms with Gasteiger partial charge in [0.15, 0.2) is 0 Å². The monoisotopic (exact) mass is 210 g/mol. The van der Waals surface area contributed by atoms with Crippen LogP contribution in [-0.2, 0) is 11.2 Å². The maximum Gasteiger partial charge on any atom is 0.119 e. The molecule has 15 heavy (non-hydrogen) atoms. The molecule has 0 aliphatic carbocycles. The Bertz CT molecular complexity index is 256. The molecule has 1 aromatic rings. The first-order valence-electron chi connectivity index (χ1n) is 5.17. The van der Waals surface area contributed by atoms with E-state index in [2.05, 4.69) is 30.7 Å². The molecule has 0 aromatic heterocycles. The minimum absolute atomic E-state index is 0.706. The molecule has 0 N–H and O–H groups in total. The fraction of sp³-hybridized carbons (Fsp3) is 0.538. The van der Waals surface area contributed by atoms with E-state index in [1.807, 2.05) is 12.1 Å². The molecule has 2 heteroatoms. The quantitative estimate of drug-likeness (QED) is 0.763. The second-order valence-electron chi connectivity index (χ2n) is 3.86. The fourth-order valence-corrected chi connectivity index (χ4v) is 1.27. The Morgan fingerprint density at radius 1 is 1.13 bits per heavy atom. The van der Waals surface area contributed by atoms with Crippen LogP contribution in [0.5, 0.6) is 5.75 Å². The summed E-state index contributed by atoms with van der Waals surface area (Å²) in [6.45, 7) is 4.44. The Balaban J connectivity index is 0.000000583. The minimum atomic E-state index is 0.706. The zero-order valence-corrected chi connectivity index (χ0v) is 10.4. The van der Waals surface area contributed by atoms with Gasteiger partial charge in [0.2, 0.25) is 0 Å². The molecule has 1 rings (SSSR count). The molecular formula is C13H22O2. The first-order valence-corrected chi connectivity index (χ1v) is 5.17. The summed E-state index contributed by atoms with van der Waals surface area (Å²) in [6, 6.07) is 8.25. The number of ether oxygens (including phenoxy) is 2. The highest BCUT2D eigenvalue weighted by atomic mass is 16.5. The van der Waals surface area contributed by atoms with E-state index in [4.69, 9.17) is 4.74 Å². The lowest BCUT2D eigenvalue weighted by molar-refractivity contribution is 0.277. The van der Waals surface area contributed by atoms with E-state index in [9.17, 15) is 0 Å². The SMILES string of the molecule is COC.COc1cccc(CC(C)C)c1. The standard InChI is InChI=1S/C11H16O.C2H6O/c1-9(2)7-10-5-4-6-11(8-10)12-3;1-3-2/h4-6,8-9H,7H2,1-3H3;1-2H3. The van der Waals surface area contributed by atoms with Crippen molar-refractivity contribution in [3.05, 3.63) is 29.8 Å². The molecule has 0 aliphatic heterocycles. The molecule has 0 aliphatic rings. The van der Waals surface area contributed by atoms with E-state index in [-0.39, 0.29) is 0 Å². The van der Waals surface area contributed by atoms with Crippen molar-refractivity contribution in [1.29, 1.82) is 0 Å². The number of rotatable bonds is 3. The molecule has 0 saturated heterocycles. The normalized spacial score (nSPS) is 9.47. The molecular weight excluding hydrogens is 188 g/mol. The van der Waals surface area contributed by atoms with E-state index >= 15 is 0 Å². The van der Waals surface area contributed by atoms with Gasteiger partial charge in [-0.05, 0) is 30.0 Å². The molecule has 0 bridgehead atoms. The third kappa shape index (κ3) is 6.97. The highest BCUT2D eigenvalue weighted by Crippen LogP contribution is 2.15. The van der Waals surface area contributed by atoms with Crippen molar-refractivity contribution in [3.63, 3.8) is 0 Å². The van der Waals surface area contributed by atoms with Gasteiger partial charge in [-0.25, -0.2) is 0 Å². The van der Waals surface area contributed by atoms with Crippen molar-refractivity contribution in [2.24, 2.45) is 5.92 Å². The lowest BCUT2D eigenvalue weighted by Crippen LogP contribution is -1.94. The molecule has 0 radical (unpaired) electrons. The van der Waals surface area contributed by atoms with Crippen molar-refractivity contribution in [1.82, 2.24) is 0 Å². The zero-order chi connectivity index (χ0) is 11.7. The number of hydrogen-bond donors (Lipinski definition) is 0. The van der Waals surface area contributed by atoms with Gasteiger partial charge in [0.25, 0.3) is 0 Å². The molecule has 0 heterocycles. The van der Waals surface area contributed by atoms with Gasteiger partial charge in [0.05, 0.1) is 7.11 Å².